The molecule has 0 saturated carbocycles. The molecule has 0 aliphatic heterocycles. The Bertz CT molecular complexity index is 735. The summed E-state index contributed by atoms with van der Waals surface area (Å²) in [5.74, 6) is 0.226. The Hall–Kier alpha value is -1.09. The van der Waals surface area contributed by atoms with Gasteiger partial charge in [-0.1, -0.05) is 11.6 Å². The molecule has 120 valence electrons. The molecule has 9 heteroatoms. The van der Waals surface area contributed by atoms with Crippen LogP contribution in [0.15, 0.2) is 40.0 Å². The van der Waals surface area contributed by atoms with Crippen LogP contribution in [0.5, 0.6) is 5.75 Å². The topological polar surface area (TPSA) is 73.2 Å². The summed E-state index contributed by atoms with van der Waals surface area (Å²) in [4.78, 5) is 0.00784. The normalized spacial score (nSPS) is 11.6. The van der Waals surface area contributed by atoms with E-state index < -0.39 is 10.0 Å². The molecule has 6 nitrogen and oxygen atoms in total. The molecule has 0 atom stereocenters. The van der Waals surface area contributed by atoms with Crippen LogP contribution >= 0.6 is 27.5 Å². The van der Waals surface area contributed by atoms with Crippen LogP contribution in [0.3, 0.4) is 0 Å². The Morgan fingerprint density at radius 2 is 2.23 bits per heavy atom. The van der Waals surface area contributed by atoms with Crippen LogP contribution in [0, 0.1) is 0 Å². The minimum atomic E-state index is -3.71. The second kappa shape index (κ2) is 7.45. The Kier molecular flexibility index (Phi) is 5.85. The molecule has 22 heavy (non-hydrogen) atoms. The molecule has 0 fully saturated rings. The fourth-order valence-corrected chi connectivity index (χ4v) is 4.35. The van der Waals surface area contributed by atoms with Gasteiger partial charge in [0.2, 0.25) is 10.0 Å². The molecular formula is C13H15BrClN3O3S. The number of aromatic nitrogens is 2. The summed E-state index contributed by atoms with van der Waals surface area (Å²) in [6.45, 7) is 0.918. The molecule has 1 aromatic carbocycles. The zero-order valence-corrected chi connectivity index (χ0v) is 14.9. The Morgan fingerprint density at radius 3 is 2.86 bits per heavy atom. The van der Waals surface area contributed by atoms with Crippen LogP contribution < -0.4 is 9.46 Å². The Labute approximate surface area is 142 Å². The maximum absolute atomic E-state index is 12.4. The van der Waals surface area contributed by atoms with Crippen molar-refractivity contribution in [3.05, 3.63) is 40.1 Å². The highest BCUT2D eigenvalue weighted by atomic mass is 79.9. The Balaban J connectivity index is 2.07. The number of nitrogens with one attached hydrogen (secondary N) is 1. The van der Waals surface area contributed by atoms with E-state index in [1.165, 1.54) is 13.2 Å². The predicted octanol–water partition coefficient (Wildman–Crippen LogP) is 2.68. The van der Waals surface area contributed by atoms with Crippen molar-refractivity contribution in [3.63, 3.8) is 0 Å². The van der Waals surface area contributed by atoms with Gasteiger partial charge in [-0.05, 0) is 40.5 Å². The van der Waals surface area contributed by atoms with Crippen molar-refractivity contribution < 1.29 is 13.2 Å². The number of benzene rings is 1. The van der Waals surface area contributed by atoms with E-state index in [2.05, 4.69) is 25.8 Å². The third kappa shape index (κ3) is 4.22. The van der Waals surface area contributed by atoms with Gasteiger partial charge in [-0.3, -0.25) is 4.68 Å². The average Bonchev–Trinajstić information content (AvgIpc) is 2.96. The van der Waals surface area contributed by atoms with Crippen LogP contribution in [0.4, 0.5) is 0 Å². The van der Waals surface area contributed by atoms with Crippen LogP contribution in [0.2, 0.25) is 5.02 Å². The fourth-order valence-electron chi connectivity index (χ4n) is 1.89. The van der Waals surface area contributed by atoms with E-state index in [9.17, 15) is 8.42 Å². The molecule has 1 aromatic heterocycles. The highest BCUT2D eigenvalue weighted by Crippen LogP contribution is 2.35. The van der Waals surface area contributed by atoms with Crippen LogP contribution in [0.25, 0.3) is 0 Å². The first-order valence-electron chi connectivity index (χ1n) is 6.44. The van der Waals surface area contributed by atoms with Crippen molar-refractivity contribution in [2.24, 2.45) is 0 Å². The van der Waals surface area contributed by atoms with Crippen molar-refractivity contribution in [3.8, 4) is 5.75 Å². The fraction of sp³-hybridized carbons (Fsp3) is 0.308. The Morgan fingerprint density at radius 1 is 1.45 bits per heavy atom. The van der Waals surface area contributed by atoms with E-state index in [1.807, 2.05) is 12.3 Å². The lowest BCUT2D eigenvalue weighted by atomic mass is 10.3. The second-order valence-electron chi connectivity index (χ2n) is 4.44. The lowest BCUT2D eigenvalue weighted by Gasteiger charge is -2.12. The summed E-state index contributed by atoms with van der Waals surface area (Å²) in [6, 6.07) is 4.76. The first-order valence-corrected chi connectivity index (χ1v) is 9.09. The quantitative estimate of drug-likeness (QED) is 0.715. The maximum atomic E-state index is 12.4. The van der Waals surface area contributed by atoms with Crippen LogP contribution in [0.1, 0.15) is 6.42 Å². The number of hydrogen-bond donors (Lipinski definition) is 1. The molecule has 0 amide bonds. The first kappa shape index (κ1) is 17.3. The van der Waals surface area contributed by atoms with Gasteiger partial charge in [0, 0.05) is 30.5 Å². The van der Waals surface area contributed by atoms with Gasteiger partial charge in [0.15, 0.2) is 5.75 Å². The number of nitrogens with zero attached hydrogens (tertiary/aromatic N) is 2. The van der Waals surface area contributed by atoms with Gasteiger partial charge in [-0.25, -0.2) is 13.1 Å². The number of rotatable bonds is 7. The summed E-state index contributed by atoms with van der Waals surface area (Å²) in [5.41, 5.74) is 0. The highest BCUT2D eigenvalue weighted by molar-refractivity contribution is 9.10. The molecule has 0 aliphatic rings. The lowest BCUT2D eigenvalue weighted by molar-refractivity contribution is 0.399. The number of ether oxygens (including phenoxy) is 1. The van der Waals surface area contributed by atoms with Crippen molar-refractivity contribution in [1.29, 1.82) is 0 Å². The van der Waals surface area contributed by atoms with E-state index in [-0.39, 0.29) is 17.2 Å². The van der Waals surface area contributed by atoms with E-state index >= 15 is 0 Å². The largest absolute Gasteiger partial charge is 0.494 e. The van der Waals surface area contributed by atoms with Gasteiger partial charge in [-0.15, -0.1) is 0 Å². The maximum Gasteiger partial charge on any atom is 0.244 e. The number of aryl methyl sites for hydroxylation is 1. The molecule has 0 radical (unpaired) electrons. The standard InChI is InChI=1S/C13H15BrClN3O3S/c1-21-13-11(14)8-10(15)9-12(13)22(19,20)17-5-3-7-18-6-2-4-16-18/h2,4,6,8-9,17H,3,5,7H2,1H3. The minimum absolute atomic E-state index is 0.00784. The number of hydrogen-bond acceptors (Lipinski definition) is 4. The predicted molar refractivity (Wildman–Crippen MR) is 87.7 cm³/mol. The molecule has 0 spiro atoms. The van der Waals surface area contributed by atoms with Crippen molar-refractivity contribution in [1.82, 2.24) is 14.5 Å². The third-order valence-electron chi connectivity index (χ3n) is 2.88. The monoisotopic (exact) mass is 407 g/mol. The summed E-state index contributed by atoms with van der Waals surface area (Å²) in [6.07, 6.45) is 4.12. The van der Waals surface area contributed by atoms with E-state index in [4.69, 9.17) is 16.3 Å². The van der Waals surface area contributed by atoms with Gasteiger partial charge >= 0.3 is 0 Å². The first-order chi connectivity index (χ1) is 10.4. The molecular weight excluding hydrogens is 394 g/mol. The summed E-state index contributed by atoms with van der Waals surface area (Å²) < 4.78 is 34.7. The smallest absolute Gasteiger partial charge is 0.244 e. The summed E-state index contributed by atoms with van der Waals surface area (Å²) in [7, 11) is -2.30. The molecule has 0 bridgehead atoms. The number of sulfonamides is 1. The van der Waals surface area contributed by atoms with Crippen molar-refractivity contribution in [2.75, 3.05) is 13.7 Å². The van der Waals surface area contributed by atoms with E-state index in [0.29, 0.717) is 22.5 Å². The molecule has 1 heterocycles. The molecule has 2 aromatic rings. The third-order valence-corrected chi connectivity index (χ3v) is 5.16. The van der Waals surface area contributed by atoms with Gasteiger partial charge < -0.3 is 4.74 Å². The van der Waals surface area contributed by atoms with Crippen LogP contribution in [-0.2, 0) is 16.6 Å². The summed E-state index contributed by atoms with van der Waals surface area (Å²) in [5, 5.41) is 4.36. The number of halogens is 2. The average molecular weight is 409 g/mol. The van der Waals surface area contributed by atoms with Crippen LogP contribution in [-0.4, -0.2) is 31.9 Å². The molecule has 0 unspecified atom stereocenters. The van der Waals surface area contributed by atoms with Gasteiger partial charge in [0.05, 0.1) is 11.6 Å². The van der Waals surface area contributed by atoms with Crippen molar-refractivity contribution in [2.45, 2.75) is 17.9 Å². The van der Waals surface area contributed by atoms with E-state index in [0.717, 1.165) is 0 Å². The zero-order valence-electron chi connectivity index (χ0n) is 11.8. The van der Waals surface area contributed by atoms with E-state index in [1.54, 1.807) is 16.9 Å². The molecule has 2 rings (SSSR count). The SMILES string of the molecule is COc1c(Br)cc(Cl)cc1S(=O)(=O)NCCCn1cccn1. The molecule has 0 aliphatic carbocycles. The molecule has 0 saturated heterocycles. The minimum Gasteiger partial charge on any atom is -0.494 e. The van der Waals surface area contributed by atoms with Gasteiger partial charge in [-0.2, -0.15) is 5.10 Å². The zero-order chi connectivity index (χ0) is 16.2. The van der Waals surface area contributed by atoms with Gasteiger partial charge in [0.1, 0.15) is 4.90 Å². The lowest BCUT2D eigenvalue weighted by Crippen LogP contribution is -2.26. The second-order valence-corrected chi connectivity index (χ2v) is 7.47. The van der Waals surface area contributed by atoms with Crippen molar-refractivity contribution >= 4 is 37.6 Å². The summed E-state index contributed by atoms with van der Waals surface area (Å²) >= 11 is 9.17. The molecule has 1 N–H and O–H groups in total. The highest BCUT2D eigenvalue weighted by Gasteiger charge is 2.22. The van der Waals surface area contributed by atoms with Gasteiger partial charge in [0.25, 0.3) is 0 Å². The number of methoxy groups -OCH3 is 1.